The second-order valence-electron chi connectivity index (χ2n) is 6.04. The first kappa shape index (κ1) is 13.3. The fourth-order valence-electron chi connectivity index (χ4n) is 3.40. The van der Waals surface area contributed by atoms with Crippen molar-refractivity contribution in [2.45, 2.75) is 57.4 Å². The Hall–Kier alpha value is -0.120. The van der Waals surface area contributed by atoms with E-state index in [1.54, 1.807) is 0 Å². The fraction of sp³-hybridized carbons (Fsp3) is 1.00. The Bertz CT molecular complexity index is 222. The summed E-state index contributed by atoms with van der Waals surface area (Å²) in [4.78, 5) is 2.62. The van der Waals surface area contributed by atoms with E-state index >= 15 is 0 Å². The molecule has 2 aliphatic rings. The van der Waals surface area contributed by atoms with Crippen molar-refractivity contribution >= 4 is 0 Å². The maximum atomic E-state index is 9.02. The van der Waals surface area contributed by atoms with Gasteiger partial charge in [0.2, 0.25) is 0 Å². The first-order valence-electron chi connectivity index (χ1n) is 7.35. The lowest BCUT2D eigenvalue weighted by Gasteiger charge is -2.42. The Morgan fingerprint density at radius 3 is 2.35 bits per heavy atom. The molecule has 3 nitrogen and oxygen atoms in total. The van der Waals surface area contributed by atoms with Crippen molar-refractivity contribution < 1.29 is 5.11 Å². The van der Waals surface area contributed by atoms with Gasteiger partial charge in [-0.1, -0.05) is 19.3 Å². The van der Waals surface area contributed by atoms with E-state index in [1.165, 1.54) is 51.5 Å². The van der Waals surface area contributed by atoms with Crippen molar-refractivity contribution in [1.29, 1.82) is 0 Å². The summed E-state index contributed by atoms with van der Waals surface area (Å²) in [5, 5.41) is 9.02. The average molecular weight is 240 g/mol. The first-order valence-corrected chi connectivity index (χ1v) is 7.35. The van der Waals surface area contributed by atoms with E-state index in [4.69, 9.17) is 10.8 Å². The van der Waals surface area contributed by atoms with Crippen LogP contribution in [0.2, 0.25) is 0 Å². The molecular formula is C14H28N2O. The van der Waals surface area contributed by atoms with Gasteiger partial charge in [0.1, 0.15) is 0 Å². The highest BCUT2D eigenvalue weighted by atomic mass is 16.3. The molecule has 100 valence electrons. The van der Waals surface area contributed by atoms with Gasteiger partial charge < -0.3 is 10.8 Å². The van der Waals surface area contributed by atoms with Crippen LogP contribution in [0.15, 0.2) is 0 Å². The summed E-state index contributed by atoms with van der Waals surface area (Å²) in [6.45, 7) is 3.39. The number of nitrogens with zero attached hydrogens (tertiary/aromatic N) is 1. The van der Waals surface area contributed by atoms with E-state index in [0.717, 1.165) is 25.6 Å². The average Bonchev–Trinajstić information content (AvgIpc) is 2.73. The summed E-state index contributed by atoms with van der Waals surface area (Å²) < 4.78 is 0. The molecule has 2 fully saturated rings. The van der Waals surface area contributed by atoms with Crippen LogP contribution in [0.4, 0.5) is 0 Å². The number of rotatable bonds is 7. The Morgan fingerprint density at radius 1 is 1.18 bits per heavy atom. The molecule has 0 aliphatic heterocycles. The zero-order valence-corrected chi connectivity index (χ0v) is 11.0. The Balaban J connectivity index is 1.90. The van der Waals surface area contributed by atoms with Gasteiger partial charge in [-0.25, -0.2) is 0 Å². The largest absolute Gasteiger partial charge is 0.396 e. The highest BCUT2D eigenvalue weighted by Crippen LogP contribution is 2.39. The topological polar surface area (TPSA) is 49.5 Å². The quantitative estimate of drug-likeness (QED) is 0.712. The van der Waals surface area contributed by atoms with Gasteiger partial charge in [0.05, 0.1) is 0 Å². The van der Waals surface area contributed by atoms with Crippen LogP contribution in [0.3, 0.4) is 0 Å². The maximum absolute atomic E-state index is 9.02. The van der Waals surface area contributed by atoms with Gasteiger partial charge in [-0.3, -0.25) is 4.90 Å². The van der Waals surface area contributed by atoms with Crippen LogP contribution < -0.4 is 5.73 Å². The molecule has 0 heterocycles. The predicted molar refractivity (Wildman–Crippen MR) is 70.9 cm³/mol. The molecule has 0 unspecified atom stereocenters. The molecule has 0 radical (unpaired) electrons. The maximum Gasteiger partial charge on any atom is 0.0443 e. The van der Waals surface area contributed by atoms with E-state index in [1.807, 2.05) is 0 Å². The summed E-state index contributed by atoms with van der Waals surface area (Å²) in [6, 6.07) is 0.783. The number of hydrogen-bond donors (Lipinski definition) is 2. The number of nitrogens with two attached hydrogens (primary N) is 1. The fourth-order valence-corrected chi connectivity index (χ4v) is 3.40. The van der Waals surface area contributed by atoms with Gasteiger partial charge in [-0.15, -0.1) is 0 Å². The summed E-state index contributed by atoms with van der Waals surface area (Å²) in [5.74, 6) is 0. The lowest BCUT2D eigenvalue weighted by molar-refractivity contribution is 0.0670. The van der Waals surface area contributed by atoms with Crippen LogP contribution in [0, 0.1) is 5.41 Å². The molecule has 0 saturated heterocycles. The van der Waals surface area contributed by atoms with Crippen molar-refractivity contribution in [1.82, 2.24) is 4.90 Å². The molecule has 0 aromatic carbocycles. The molecule has 2 saturated carbocycles. The molecule has 3 N–H and O–H groups in total. The highest BCUT2D eigenvalue weighted by molar-refractivity contribution is 4.91. The molecule has 2 aliphatic carbocycles. The molecule has 0 aromatic rings. The van der Waals surface area contributed by atoms with Gasteiger partial charge in [0.25, 0.3) is 0 Å². The Labute approximate surface area is 105 Å². The third kappa shape index (κ3) is 3.21. The third-order valence-electron chi connectivity index (χ3n) is 4.83. The van der Waals surface area contributed by atoms with Gasteiger partial charge in [0, 0.05) is 25.7 Å². The van der Waals surface area contributed by atoms with E-state index in [-0.39, 0.29) is 0 Å². The van der Waals surface area contributed by atoms with Gasteiger partial charge in [-0.2, -0.15) is 0 Å². The summed E-state index contributed by atoms with van der Waals surface area (Å²) in [6.07, 6.45) is 10.3. The normalized spacial score (nSPS) is 24.2. The lowest BCUT2D eigenvalue weighted by atomic mass is 9.83. The second-order valence-corrected chi connectivity index (χ2v) is 6.04. The number of aliphatic hydroxyl groups is 1. The predicted octanol–water partition coefficient (Wildman–Crippen LogP) is 1.74. The van der Waals surface area contributed by atoms with Gasteiger partial charge in [0.15, 0.2) is 0 Å². The molecule has 2 rings (SSSR count). The Kier molecular flexibility index (Phi) is 4.83. The van der Waals surface area contributed by atoms with Crippen LogP contribution in [-0.4, -0.2) is 42.3 Å². The minimum Gasteiger partial charge on any atom is -0.396 e. The lowest BCUT2D eigenvalue weighted by Crippen LogP contribution is -2.48. The third-order valence-corrected chi connectivity index (χ3v) is 4.83. The van der Waals surface area contributed by atoms with Crippen molar-refractivity contribution in [2.75, 3.05) is 26.2 Å². The molecule has 17 heavy (non-hydrogen) atoms. The minimum absolute atomic E-state index is 0.318. The Morgan fingerprint density at radius 2 is 1.88 bits per heavy atom. The summed E-state index contributed by atoms with van der Waals surface area (Å²) in [5.41, 5.74) is 6.42. The molecular weight excluding hydrogens is 212 g/mol. The molecule has 0 amide bonds. The van der Waals surface area contributed by atoms with E-state index in [9.17, 15) is 0 Å². The first-order chi connectivity index (χ1) is 8.29. The van der Waals surface area contributed by atoms with Crippen LogP contribution in [-0.2, 0) is 0 Å². The summed E-state index contributed by atoms with van der Waals surface area (Å²) >= 11 is 0. The SMILES string of the molecule is NCC1(CN(CCCO)C2CCC2)CCCC1. The zero-order valence-electron chi connectivity index (χ0n) is 11.0. The molecule has 0 atom stereocenters. The van der Waals surface area contributed by atoms with Crippen LogP contribution in [0.5, 0.6) is 0 Å². The molecule has 0 spiro atoms. The highest BCUT2D eigenvalue weighted by Gasteiger charge is 2.36. The number of aliphatic hydroxyl groups excluding tert-OH is 1. The standard InChI is InChI=1S/C14H28N2O/c15-11-14(7-1-2-8-14)12-16(9-4-10-17)13-5-3-6-13/h13,17H,1-12,15H2. The molecule has 0 aromatic heterocycles. The van der Waals surface area contributed by atoms with Crippen LogP contribution in [0.1, 0.15) is 51.4 Å². The van der Waals surface area contributed by atoms with Crippen molar-refractivity contribution in [3.05, 3.63) is 0 Å². The second kappa shape index (κ2) is 6.17. The molecule has 3 heteroatoms. The monoisotopic (exact) mass is 240 g/mol. The van der Waals surface area contributed by atoms with E-state index < -0.39 is 0 Å². The smallest absolute Gasteiger partial charge is 0.0443 e. The van der Waals surface area contributed by atoms with Crippen LogP contribution in [0.25, 0.3) is 0 Å². The molecule has 0 bridgehead atoms. The van der Waals surface area contributed by atoms with Crippen molar-refractivity contribution in [2.24, 2.45) is 11.1 Å². The van der Waals surface area contributed by atoms with Crippen molar-refractivity contribution in [3.8, 4) is 0 Å². The zero-order chi connectivity index (χ0) is 12.1. The van der Waals surface area contributed by atoms with E-state index in [2.05, 4.69) is 4.90 Å². The number of hydrogen-bond acceptors (Lipinski definition) is 3. The van der Waals surface area contributed by atoms with Gasteiger partial charge in [-0.05, 0) is 44.1 Å². The van der Waals surface area contributed by atoms with E-state index in [0.29, 0.717) is 12.0 Å². The summed E-state index contributed by atoms with van der Waals surface area (Å²) in [7, 11) is 0. The van der Waals surface area contributed by atoms with Crippen LogP contribution >= 0.6 is 0 Å². The van der Waals surface area contributed by atoms with Gasteiger partial charge >= 0.3 is 0 Å². The minimum atomic E-state index is 0.318. The van der Waals surface area contributed by atoms with Crippen molar-refractivity contribution in [3.63, 3.8) is 0 Å².